The highest BCUT2D eigenvalue weighted by atomic mass is 32.2. The number of nitrogen functional groups attached to an aromatic ring is 1. The molecule has 0 amide bonds. The second kappa shape index (κ2) is 4.90. The van der Waals surface area contributed by atoms with Crippen LogP contribution in [0.5, 0.6) is 0 Å². The molecule has 18 heavy (non-hydrogen) atoms. The van der Waals surface area contributed by atoms with Gasteiger partial charge in [-0.1, -0.05) is 18.6 Å². The summed E-state index contributed by atoms with van der Waals surface area (Å²) in [6, 6.07) is 5.28. The summed E-state index contributed by atoms with van der Waals surface area (Å²) in [5, 5.41) is 0. The zero-order valence-corrected chi connectivity index (χ0v) is 11.7. The number of aryl methyl sites for hydroxylation is 1. The Morgan fingerprint density at radius 1 is 1.33 bits per heavy atom. The van der Waals surface area contributed by atoms with Gasteiger partial charge in [0, 0.05) is 12.6 Å². The van der Waals surface area contributed by atoms with Crippen LogP contribution in [0.25, 0.3) is 0 Å². The highest BCUT2D eigenvalue weighted by Crippen LogP contribution is 2.30. The lowest BCUT2D eigenvalue weighted by Gasteiger charge is -2.33. The number of anilines is 1. The fourth-order valence-electron chi connectivity index (χ4n) is 2.57. The molecule has 1 fully saturated rings. The molecule has 1 heterocycles. The number of nitrogens with two attached hydrogens (primary N) is 1. The van der Waals surface area contributed by atoms with Crippen LogP contribution in [-0.4, -0.2) is 25.3 Å². The first kappa shape index (κ1) is 13.4. The van der Waals surface area contributed by atoms with E-state index < -0.39 is 10.0 Å². The largest absolute Gasteiger partial charge is 0.398 e. The van der Waals surface area contributed by atoms with Crippen LogP contribution >= 0.6 is 0 Å². The van der Waals surface area contributed by atoms with Crippen molar-refractivity contribution in [1.29, 1.82) is 0 Å². The summed E-state index contributed by atoms with van der Waals surface area (Å²) < 4.78 is 27.0. The van der Waals surface area contributed by atoms with Crippen molar-refractivity contribution in [1.82, 2.24) is 4.31 Å². The molecule has 5 heteroatoms. The summed E-state index contributed by atoms with van der Waals surface area (Å²) in [5.41, 5.74) is 6.91. The van der Waals surface area contributed by atoms with Gasteiger partial charge in [-0.05, 0) is 38.3 Å². The maximum absolute atomic E-state index is 12.7. The average Bonchev–Trinajstić information content (AvgIpc) is 2.28. The monoisotopic (exact) mass is 268 g/mol. The number of nitrogens with zero attached hydrogens (tertiary/aromatic N) is 1. The fourth-order valence-corrected chi connectivity index (χ4v) is 4.60. The van der Waals surface area contributed by atoms with Gasteiger partial charge in [0.1, 0.15) is 4.90 Å². The van der Waals surface area contributed by atoms with Gasteiger partial charge in [-0.25, -0.2) is 8.42 Å². The van der Waals surface area contributed by atoms with Crippen molar-refractivity contribution in [3.8, 4) is 0 Å². The third-order valence-corrected chi connectivity index (χ3v) is 5.78. The number of benzene rings is 1. The SMILES string of the molecule is Cc1cccc(N)c1S(=O)(=O)N1CCCCC1C. The molecule has 1 atom stereocenters. The fraction of sp³-hybridized carbons (Fsp3) is 0.538. The zero-order valence-electron chi connectivity index (χ0n) is 10.9. The average molecular weight is 268 g/mol. The molecule has 4 nitrogen and oxygen atoms in total. The molecular formula is C13H20N2O2S. The predicted octanol–water partition coefficient (Wildman–Crippen LogP) is 2.14. The van der Waals surface area contributed by atoms with Crippen LogP contribution in [0.1, 0.15) is 31.7 Å². The van der Waals surface area contributed by atoms with E-state index in [1.54, 1.807) is 29.4 Å². The maximum atomic E-state index is 12.7. The van der Waals surface area contributed by atoms with Crippen LogP contribution in [0, 0.1) is 6.92 Å². The van der Waals surface area contributed by atoms with Crippen LogP contribution in [0.3, 0.4) is 0 Å². The van der Waals surface area contributed by atoms with Gasteiger partial charge in [0.15, 0.2) is 0 Å². The molecule has 2 rings (SSSR count). The normalized spacial score (nSPS) is 22.0. The molecule has 1 aliphatic rings. The Kier molecular flexibility index (Phi) is 3.64. The number of hydrogen-bond acceptors (Lipinski definition) is 3. The minimum Gasteiger partial charge on any atom is -0.398 e. The molecule has 2 N–H and O–H groups in total. The first-order valence-corrected chi connectivity index (χ1v) is 7.75. The molecule has 1 aromatic rings. The van der Waals surface area contributed by atoms with E-state index in [2.05, 4.69) is 0 Å². The summed E-state index contributed by atoms with van der Waals surface area (Å²) >= 11 is 0. The smallest absolute Gasteiger partial charge is 0.245 e. The molecule has 0 saturated carbocycles. The third kappa shape index (κ3) is 2.24. The Bertz CT molecular complexity index is 520. The Balaban J connectivity index is 2.48. The molecule has 0 bridgehead atoms. The lowest BCUT2D eigenvalue weighted by molar-refractivity contribution is 0.268. The van der Waals surface area contributed by atoms with Crippen molar-refractivity contribution in [2.45, 2.75) is 44.0 Å². The molecule has 1 saturated heterocycles. The van der Waals surface area contributed by atoms with Gasteiger partial charge in [0.25, 0.3) is 0 Å². The highest BCUT2D eigenvalue weighted by molar-refractivity contribution is 7.89. The molecule has 0 aliphatic carbocycles. The van der Waals surface area contributed by atoms with E-state index in [1.165, 1.54) is 0 Å². The predicted molar refractivity (Wildman–Crippen MR) is 72.8 cm³/mol. The van der Waals surface area contributed by atoms with Gasteiger partial charge in [-0.2, -0.15) is 4.31 Å². The van der Waals surface area contributed by atoms with Crippen molar-refractivity contribution < 1.29 is 8.42 Å². The Hall–Kier alpha value is -1.07. The van der Waals surface area contributed by atoms with Crippen molar-refractivity contribution in [3.63, 3.8) is 0 Å². The quantitative estimate of drug-likeness (QED) is 0.836. The summed E-state index contributed by atoms with van der Waals surface area (Å²) in [5.74, 6) is 0. The Morgan fingerprint density at radius 2 is 2.06 bits per heavy atom. The Labute approximate surface area is 109 Å². The molecular weight excluding hydrogens is 248 g/mol. The van der Waals surface area contributed by atoms with E-state index in [0.29, 0.717) is 17.8 Å². The topological polar surface area (TPSA) is 63.4 Å². The van der Waals surface area contributed by atoms with E-state index >= 15 is 0 Å². The Morgan fingerprint density at radius 3 is 2.67 bits per heavy atom. The molecule has 0 spiro atoms. The zero-order chi connectivity index (χ0) is 13.3. The van der Waals surface area contributed by atoms with Crippen molar-refractivity contribution in [3.05, 3.63) is 23.8 Å². The van der Waals surface area contributed by atoms with Crippen LogP contribution in [0.15, 0.2) is 23.1 Å². The minimum absolute atomic E-state index is 0.0581. The van der Waals surface area contributed by atoms with Gasteiger partial charge in [0.2, 0.25) is 10.0 Å². The van der Waals surface area contributed by atoms with Crippen LogP contribution in [0.2, 0.25) is 0 Å². The minimum atomic E-state index is -3.46. The second-order valence-electron chi connectivity index (χ2n) is 4.95. The van der Waals surface area contributed by atoms with Crippen molar-refractivity contribution in [2.75, 3.05) is 12.3 Å². The first-order chi connectivity index (χ1) is 8.44. The van der Waals surface area contributed by atoms with E-state index in [-0.39, 0.29) is 10.9 Å². The molecule has 0 radical (unpaired) electrons. The van der Waals surface area contributed by atoms with Gasteiger partial charge in [0.05, 0.1) is 5.69 Å². The summed E-state index contributed by atoms with van der Waals surface area (Å²) in [6.07, 6.45) is 2.94. The lowest BCUT2D eigenvalue weighted by Crippen LogP contribution is -2.42. The molecule has 0 aromatic heterocycles. The van der Waals surface area contributed by atoms with Crippen LogP contribution in [-0.2, 0) is 10.0 Å². The first-order valence-electron chi connectivity index (χ1n) is 6.31. The van der Waals surface area contributed by atoms with Crippen LogP contribution < -0.4 is 5.73 Å². The molecule has 1 aliphatic heterocycles. The van der Waals surface area contributed by atoms with Gasteiger partial charge >= 0.3 is 0 Å². The summed E-state index contributed by atoms with van der Waals surface area (Å²) in [6.45, 7) is 4.35. The molecule has 1 unspecified atom stereocenters. The molecule has 1 aromatic carbocycles. The number of piperidine rings is 1. The highest BCUT2D eigenvalue weighted by Gasteiger charge is 2.33. The standard InChI is InChI=1S/C13H20N2O2S/c1-10-6-5-8-12(14)13(10)18(16,17)15-9-4-3-7-11(15)2/h5-6,8,11H,3-4,7,9,14H2,1-2H3. The lowest BCUT2D eigenvalue weighted by atomic mass is 10.1. The number of hydrogen-bond donors (Lipinski definition) is 1. The third-order valence-electron chi connectivity index (χ3n) is 3.55. The molecule has 100 valence electrons. The summed E-state index contributed by atoms with van der Waals surface area (Å²) in [7, 11) is -3.46. The van der Waals surface area contributed by atoms with E-state index in [4.69, 9.17) is 5.73 Å². The second-order valence-corrected chi connectivity index (χ2v) is 6.78. The number of sulfonamides is 1. The van der Waals surface area contributed by atoms with Crippen molar-refractivity contribution in [2.24, 2.45) is 0 Å². The van der Waals surface area contributed by atoms with Gasteiger partial charge in [-0.3, -0.25) is 0 Å². The van der Waals surface area contributed by atoms with E-state index in [9.17, 15) is 8.42 Å². The van der Waals surface area contributed by atoms with Gasteiger partial charge < -0.3 is 5.73 Å². The van der Waals surface area contributed by atoms with Crippen molar-refractivity contribution >= 4 is 15.7 Å². The van der Waals surface area contributed by atoms with Crippen LogP contribution in [0.4, 0.5) is 5.69 Å². The number of rotatable bonds is 2. The summed E-state index contributed by atoms with van der Waals surface area (Å²) in [4.78, 5) is 0.277. The van der Waals surface area contributed by atoms with Gasteiger partial charge in [-0.15, -0.1) is 0 Å². The van der Waals surface area contributed by atoms with E-state index in [1.807, 2.05) is 6.92 Å². The maximum Gasteiger partial charge on any atom is 0.245 e. The van der Waals surface area contributed by atoms with E-state index in [0.717, 1.165) is 19.3 Å².